The molecule has 2 rings (SSSR count). The van der Waals surface area contributed by atoms with E-state index < -0.39 is 5.97 Å². The summed E-state index contributed by atoms with van der Waals surface area (Å²) in [6, 6.07) is 7.00. The minimum absolute atomic E-state index is 0.0328. The molecule has 0 bridgehead atoms. The fraction of sp³-hybridized carbons (Fsp3) is 0.214. The highest BCUT2D eigenvalue weighted by Gasteiger charge is 2.14. The van der Waals surface area contributed by atoms with Crippen molar-refractivity contribution >= 4 is 23.3 Å². The summed E-state index contributed by atoms with van der Waals surface area (Å²) in [6.45, 7) is 2.07. The van der Waals surface area contributed by atoms with Gasteiger partial charge in [-0.3, -0.25) is 0 Å². The number of ether oxygens (including phenoxy) is 1. The Kier molecular flexibility index (Phi) is 4.20. The maximum absolute atomic E-state index is 10.9. The number of aromatic carboxylic acids is 1. The third-order valence-electron chi connectivity index (χ3n) is 2.78. The van der Waals surface area contributed by atoms with Crippen molar-refractivity contribution in [2.24, 2.45) is 0 Å². The second kappa shape index (κ2) is 5.88. The molecule has 0 spiro atoms. The number of carboxylic acids is 1. The minimum atomic E-state index is -1.07. The van der Waals surface area contributed by atoms with E-state index in [0.29, 0.717) is 28.6 Å². The van der Waals surface area contributed by atoms with Crippen LogP contribution in [0.25, 0.3) is 0 Å². The number of anilines is 1. The van der Waals surface area contributed by atoms with Crippen molar-refractivity contribution in [1.29, 1.82) is 0 Å². The number of carbonyl (C=O) groups is 1. The largest absolute Gasteiger partial charge is 0.495 e. The molecule has 1 heterocycles. The third-order valence-corrected chi connectivity index (χ3v) is 3.08. The fourth-order valence-corrected chi connectivity index (χ4v) is 2.07. The van der Waals surface area contributed by atoms with Crippen LogP contribution >= 0.6 is 11.6 Å². The van der Waals surface area contributed by atoms with Gasteiger partial charge in [0, 0.05) is 11.3 Å². The normalized spacial score (nSPS) is 10.3. The molecular formula is C14H14ClNO4. The third kappa shape index (κ3) is 3.05. The van der Waals surface area contributed by atoms with E-state index in [1.165, 1.54) is 0 Å². The van der Waals surface area contributed by atoms with Gasteiger partial charge in [0.1, 0.15) is 11.5 Å². The molecule has 0 aliphatic carbocycles. The molecule has 0 radical (unpaired) electrons. The molecule has 5 nitrogen and oxygen atoms in total. The first-order valence-corrected chi connectivity index (χ1v) is 6.29. The van der Waals surface area contributed by atoms with E-state index in [1.54, 1.807) is 32.2 Å². The number of furan rings is 1. The average molecular weight is 296 g/mol. The molecule has 6 heteroatoms. The lowest BCUT2D eigenvalue weighted by atomic mass is 10.2. The molecule has 0 aliphatic heterocycles. The number of rotatable bonds is 5. The molecule has 2 N–H and O–H groups in total. The van der Waals surface area contributed by atoms with Crippen LogP contribution in [0.3, 0.4) is 0 Å². The molecule has 2 aromatic rings. The van der Waals surface area contributed by atoms with Crippen molar-refractivity contribution in [2.45, 2.75) is 13.5 Å². The minimum Gasteiger partial charge on any atom is -0.495 e. The lowest BCUT2D eigenvalue weighted by Gasteiger charge is -2.07. The van der Waals surface area contributed by atoms with E-state index >= 15 is 0 Å². The summed E-state index contributed by atoms with van der Waals surface area (Å²) in [4.78, 5) is 10.9. The highest BCUT2D eigenvalue weighted by Crippen LogP contribution is 2.27. The number of halogens is 1. The van der Waals surface area contributed by atoms with Crippen LogP contribution in [0.1, 0.15) is 21.9 Å². The molecule has 0 amide bonds. The van der Waals surface area contributed by atoms with Crippen LogP contribution < -0.4 is 10.1 Å². The zero-order valence-corrected chi connectivity index (χ0v) is 11.8. The van der Waals surface area contributed by atoms with Crippen molar-refractivity contribution in [3.63, 3.8) is 0 Å². The monoisotopic (exact) mass is 295 g/mol. The van der Waals surface area contributed by atoms with E-state index in [1.807, 2.05) is 6.07 Å². The van der Waals surface area contributed by atoms with Gasteiger partial charge in [0.25, 0.3) is 0 Å². The summed E-state index contributed by atoms with van der Waals surface area (Å²) in [7, 11) is 1.55. The lowest BCUT2D eigenvalue weighted by Crippen LogP contribution is -1.99. The van der Waals surface area contributed by atoms with E-state index in [-0.39, 0.29) is 5.76 Å². The Morgan fingerprint density at radius 2 is 2.20 bits per heavy atom. The van der Waals surface area contributed by atoms with E-state index in [9.17, 15) is 4.79 Å². The molecular weight excluding hydrogens is 282 g/mol. The Hall–Kier alpha value is -2.14. The number of nitrogens with one attached hydrogen (secondary N) is 1. The van der Waals surface area contributed by atoms with E-state index in [0.717, 1.165) is 5.69 Å². The van der Waals surface area contributed by atoms with Crippen LogP contribution in [0, 0.1) is 6.92 Å². The lowest BCUT2D eigenvalue weighted by molar-refractivity contribution is 0.0659. The van der Waals surface area contributed by atoms with Crippen LogP contribution in [-0.4, -0.2) is 18.2 Å². The molecule has 0 fully saturated rings. The van der Waals surface area contributed by atoms with Crippen LogP contribution in [0.15, 0.2) is 28.7 Å². The predicted octanol–water partition coefficient (Wildman–Crippen LogP) is 3.56. The second-order valence-corrected chi connectivity index (χ2v) is 4.64. The first kappa shape index (κ1) is 14.3. The van der Waals surface area contributed by atoms with Gasteiger partial charge in [-0.1, -0.05) is 11.6 Å². The molecule has 0 aliphatic rings. The van der Waals surface area contributed by atoms with Crippen molar-refractivity contribution in [1.82, 2.24) is 0 Å². The Labute approximate surface area is 121 Å². The van der Waals surface area contributed by atoms with Crippen molar-refractivity contribution < 1.29 is 19.1 Å². The number of methoxy groups -OCH3 is 1. The average Bonchev–Trinajstić information content (AvgIpc) is 2.78. The molecule has 1 aromatic heterocycles. The molecule has 0 atom stereocenters. The molecule has 1 aromatic carbocycles. The Bertz CT molecular complexity index is 636. The van der Waals surface area contributed by atoms with Crippen LogP contribution in [-0.2, 0) is 6.54 Å². The quantitative estimate of drug-likeness (QED) is 0.882. The summed E-state index contributed by atoms with van der Waals surface area (Å²) in [5, 5.41) is 12.5. The first-order chi connectivity index (χ1) is 9.51. The van der Waals surface area contributed by atoms with Gasteiger partial charge >= 0.3 is 5.97 Å². The summed E-state index contributed by atoms with van der Waals surface area (Å²) in [6.07, 6.45) is 0. The second-order valence-electron chi connectivity index (χ2n) is 4.23. The number of hydrogen-bond donors (Lipinski definition) is 2. The fourth-order valence-electron chi connectivity index (χ4n) is 1.81. The van der Waals surface area contributed by atoms with Crippen LogP contribution in [0.5, 0.6) is 5.75 Å². The SMILES string of the molecule is COc1ccc(NCc2cc(C)c(C(=O)O)o2)cc1Cl. The maximum Gasteiger partial charge on any atom is 0.372 e. The number of carboxylic acid groups (broad SMARTS) is 1. The van der Waals surface area contributed by atoms with Gasteiger partial charge in [0.15, 0.2) is 0 Å². The molecule has 0 saturated heterocycles. The standard InChI is InChI=1S/C14H14ClNO4/c1-8-5-10(20-13(8)14(17)18)7-16-9-3-4-12(19-2)11(15)6-9/h3-6,16H,7H2,1-2H3,(H,17,18). The number of benzene rings is 1. The zero-order valence-electron chi connectivity index (χ0n) is 11.1. The number of hydrogen-bond acceptors (Lipinski definition) is 4. The Balaban J connectivity index is 2.07. The zero-order chi connectivity index (χ0) is 14.7. The molecule has 20 heavy (non-hydrogen) atoms. The molecule has 0 saturated carbocycles. The predicted molar refractivity (Wildman–Crippen MR) is 75.7 cm³/mol. The Morgan fingerprint density at radius 3 is 2.75 bits per heavy atom. The van der Waals surface area contributed by atoms with Gasteiger partial charge < -0.3 is 19.6 Å². The van der Waals surface area contributed by atoms with Gasteiger partial charge in [0.2, 0.25) is 5.76 Å². The van der Waals surface area contributed by atoms with E-state index in [2.05, 4.69) is 5.32 Å². The smallest absolute Gasteiger partial charge is 0.372 e. The van der Waals surface area contributed by atoms with Crippen LogP contribution in [0.2, 0.25) is 5.02 Å². The van der Waals surface area contributed by atoms with Crippen molar-refractivity contribution in [2.75, 3.05) is 12.4 Å². The summed E-state index contributed by atoms with van der Waals surface area (Å²) >= 11 is 6.02. The van der Waals surface area contributed by atoms with Crippen LogP contribution in [0.4, 0.5) is 5.69 Å². The van der Waals surface area contributed by atoms with Gasteiger partial charge in [-0.2, -0.15) is 0 Å². The summed E-state index contributed by atoms with van der Waals surface area (Å²) in [5.74, 6) is 0.0434. The molecule has 0 unspecified atom stereocenters. The molecule has 106 valence electrons. The van der Waals surface area contributed by atoms with Gasteiger partial charge in [-0.25, -0.2) is 4.79 Å². The highest BCUT2D eigenvalue weighted by atomic mass is 35.5. The number of aryl methyl sites for hydroxylation is 1. The summed E-state index contributed by atoms with van der Waals surface area (Å²) < 4.78 is 10.3. The Morgan fingerprint density at radius 1 is 1.45 bits per heavy atom. The van der Waals surface area contributed by atoms with Gasteiger partial charge in [-0.05, 0) is 31.2 Å². The van der Waals surface area contributed by atoms with Gasteiger partial charge in [0.05, 0.1) is 18.7 Å². The topological polar surface area (TPSA) is 71.7 Å². The maximum atomic E-state index is 10.9. The van der Waals surface area contributed by atoms with Gasteiger partial charge in [-0.15, -0.1) is 0 Å². The van der Waals surface area contributed by atoms with Crippen molar-refractivity contribution in [3.8, 4) is 5.75 Å². The first-order valence-electron chi connectivity index (χ1n) is 5.91. The highest BCUT2D eigenvalue weighted by molar-refractivity contribution is 6.32. The van der Waals surface area contributed by atoms with E-state index in [4.69, 9.17) is 25.9 Å². The summed E-state index contributed by atoms with van der Waals surface area (Å²) in [5.41, 5.74) is 1.39. The van der Waals surface area contributed by atoms with Crippen molar-refractivity contribution in [3.05, 3.63) is 46.4 Å².